The summed E-state index contributed by atoms with van der Waals surface area (Å²) in [6, 6.07) is 0. The van der Waals surface area contributed by atoms with Gasteiger partial charge in [0.1, 0.15) is 4.32 Å². The zero-order valence-corrected chi connectivity index (χ0v) is 6.90. The molecule has 4 heteroatoms. The van der Waals surface area contributed by atoms with Crippen LogP contribution in [0.3, 0.4) is 0 Å². The summed E-state index contributed by atoms with van der Waals surface area (Å²) in [5.74, 6) is 2.37. The van der Waals surface area contributed by atoms with Crippen LogP contribution < -0.4 is 0 Å². The van der Waals surface area contributed by atoms with Crippen LogP contribution in [0.5, 0.6) is 0 Å². The SMILES string of the molecule is O=PC1SCCCS1. The smallest absolute Gasteiger partial charge is 0.180 e. The standard InChI is InChI=1S/C4H7OPS2/c5-6-4-7-2-1-3-8-4/h4H,1-3H2. The van der Waals surface area contributed by atoms with Gasteiger partial charge in [-0.2, -0.15) is 0 Å². The Morgan fingerprint density at radius 1 is 1.38 bits per heavy atom. The van der Waals surface area contributed by atoms with Crippen LogP contribution in [0.2, 0.25) is 0 Å². The van der Waals surface area contributed by atoms with Gasteiger partial charge in [0.15, 0.2) is 8.46 Å². The van der Waals surface area contributed by atoms with Gasteiger partial charge in [-0.1, -0.05) is 0 Å². The van der Waals surface area contributed by atoms with Gasteiger partial charge >= 0.3 is 0 Å². The maximum atomic E-state index is 10.2. The van der Waals surface area contributed by atoms with Crippen LogP contribution in [0.25, 0.3) is 0 Å². The molecule has 0 N–H and O–H groups in total. The second-order valence-corrected chi connectivity index (χ2v) is 5.66. The van der Waals surface area contributed by atoms with E-state index in [1.807, 2.05) is 0 Å². The Hall–Kier alpha value is 0.800. The van der Waals surface area contributed by atoms with Crippen LogP contribution in [0, 0.1) is 0 Å². The van der Waals surface area contributed by atoms with Gasteiger partial charge in [0.05, 0.1) is 0 Å². The highest BCUT2D eigenvalue weighted by Crippen LogP contribution is 2.37. The van der Waals surface area contributed by atoms with Crippen molar-refractivity contribution in [1.82, 2.24) is 0 Å². The van der Waals surface area contributed by atoms with Gasteiger partial charge in [0.25, 0.3) is 0 Å². The van der Waals surface area contributed by atoms with Gasteiger partial charge in [-0.25, -0.2) is 0 Å². The monoisotopic (exact) mass is 166 g/mol. The first kappa shape index (κ1) is 6.91. The van der Waals surface area contributed by atoms with E-state index in [0.29, 0.717) is 12.8 Å². The molecule has 1 nitrogen and oxygen atoms in total. The molecule has 0 aliphatic carbocycles. The molecule has 0 aromatic heterocycles. The van der Waals surface area contributed by atoms with E-state index in [0.717, 1.165) is 0 Å². The second kappa shape index (κ2) is 3.76. The van der Waals surface area contributed by atoms with Crippen molar-refractivity contribution in [1.29, 1.82) is 0 Å². The number of rotatable bonds is 1. The predicted octanol–water partition coefficient (Wildman–Crippen LogP) is 2.43. The first-order valence-corrected chi connectivity index (χ1v) is 5.47. The first-order valence-electron chi connectivity index (χ1n) is 2.49. The summed E-state index contributed by atoms with van der Waals surface area (Å²) in [7, 11) is 0.302. The van der Waals surface area contributed by atoms with Crippen LogP contribution in [-0.4, -0.2) is 15.8 Å². The minimum atomic E-state index is 0.302. The summed E-state index contributed by atoms with van der Waals surface area (Å²) < 4.78 is 10.6. The fourth-order valence-electron chi connectivity index (χ4n) is 0.536. The van der Waals surface area contributed by atoms with Gasteiger partial charge < -0.3 is 0 Å². The molecule has 0 amide bonds. The summed E-state index contributed by atoms with van der Waals surface area (Å²) in [5, 5.41) is 0. The van der Waals surface area contributed by atoms with Crippen molar-refractivity contribution in [3.8, 4) is 0 Å². The van der Waals surface area contributed by atoms with Crippen molar-refractivity contribution in [2.45, 2.75) is 10.7 Å². The van der Waals surface area contributed by atoms with Crippen molar-refractivity contribution in [2.75, 3.05) is 11.5 Å². The molecule has 0 unspecified atom stereocenters. The lowest BCUT2D eigenvalue weighted by Crippen LogP contribution is -1.98. The third-order valence-corrected chi connectivity index (χ3v) is 4.91. The highest BCUT2D eigenvalue weighted by Gasteiger charge is 2.12. The Morgan fingerprint density at radius 3 is 2.38 bits per heavy atom. The van der Waals surface area contributed by atoms with E-state index >= 15 is 0 Å². The third kappa shape index (κ3) is 1.96. The van der Waals surface area contributed by atoms with Crippen LogP contribution >= 0.6 is 32.0 Å². The maximum Gasteiger partial charge on any atom is 0.180 e. The Morgan fingerprint density at radius 2 is 2.00 bits per heavy atom. The molecular weight excluding hydrogens is 159 g/mol. The van der Waals surface area contributed by atoms with Crippen molar-refractivity contribution in [3.63, 3.8) is 0 Å². The predicted molar refractivity (Wildman–Crippen MR) is 40.9 cm³/mol. The molecule has 0 saturated carbocycles. The fraction of sp³-hybridized carbons (Fsp3) is 1.00. The number of hydrogen-bond donors (Lipinski definition) is 0. The normalized spacial score (nSPS) is 24.0. The average Bonchev–Trinajstić information content (AvgIpc) is 1.90. The zero-order valence-electron chi connectivity index (χ0n) is 4.37. The van der Waals surface area contributed by atoms with Crippen LogP contribution in [-0.2, 0) is 4.57 Å². The van der Waals surface area contributed by atoms with Gasteiger partial charge in [-0.05, 0) is 17.9 Å². The lowest BCUT2D eigenvalue weighted by molar-refractivity contribution is 0.600. The van der Waals surface area contributed by atoms with Crippen LogP contribution in [0.4, 0.5) is 0 Å². The highest BCUT2D eigenvalue weighted by molar-refractivity contribution is 8.22. The molecule has 0 aromatic carbocycles. The maximum absolute atomic E-state index is 10.2. The topological polar surface area (TPSA) is 17.1 Å². The van der Waals surface area contributed by atoms with E-state index in [9.17, 15) is 4.57 Å². The van der Waals surface area contributed by atoms with Gasteiger partial charge in [0.2, 0.25) is 0 Å². The second-order valence-electron chi connectivity index (χ2n) is 1.51. The molecular formula is C4H7OPS2. The molecule has 0 bridgehead atoms. The Kier molecular flexibility index (Phi) is 3.25. The quantitative estimate of drug-likeness (QED) is 0.557. The molecule has 1 aliphatic heterocycles. The Labute approximate surface area is 59.2 Å². The molecule has 0 atom stereocenters. The lowest BCUT2D eigenvalue weighted by atomic mass is 10.6. The fourth-order valence-corrected chi connectivity index (χ4v) is 3.83. The largest absolute Gasteiger partial charge is 0.273 e. The molecule has 1 saturated heterocycles. The van der Waals surface area contributed by atoms with E-state index in [4.69, 9.17) is 0 Å². The minimum absolute atomic E-state index is 0.302. The summed E-state index contributed by atoms with van der Waals surface area (Å²) in [4.78, 5) is 0. The Balaban J connectivity index is 2.22. The summed E-state index contributed by atoms with van der Waals surface area (Å²) in [6.07, 6.45) is 1.28. The molecule has 1 aliphatic rings. The van der Waals surface area contributed by atoms with E-state index in [2.05, 4.69) is 0 Å². The summed E-state index contributed by atoms with van der Waals surface area (Å²) >= 11 is 3.60. The highest BCUT2D eigenvalue weighted by atomic mass is 32.2. The van der Waals surface area contributed by atoms with Gasteiger partial charge in [-0.15, -0.1) is 23.5 Å². The molecule has 8 heavy (non-hydrogen) atoms. The Bertz CT molecular complexity index is 82.1. The third-order valence-electron chi connectivity index (χ3n) is 0.896. The number of hydrogen-bond acceptors (Lipinski definition) is 3. The van der Waals surface area contributed by atoms with Gasteiger partial charge in [-0.3, -0.25) is 4.57 Å². The minimum Gasteiger partial charge on any atom is -0.273 e. The molecule has 0 spiro atoms. The van der Waals surface area contributed by atoms with Crippen molar-refractivity contribution in [2.24, 2.45) is 0 Å². The van der Waals surface area contributed by atoms with Crippen molar-refractivity contribution < 1.29 is 4.57 Å². The van der Waals surface area contributed by atoms with E-state index in [1.165, 1.54) is 17.9 Å². The number of thioether (sulfide) groups is 2. The van der Waals surface area contributed by atoms with Crippen molar-refractivity contribution >= 4 is 32.0 Å². The molecule has 0 aromatic rings. The average molecular weight is 166 g/mol. The van der Waals surface area contributed by atoms with Crippen molar-refractivity contribution in [3.05, 3.63) is 0 Å². The lowest BCUT2D eigenvalue weighted by Gasteiger charge is -2.12. The molecule has 0 radical (unpaired) electrons. The summed E-state index contributed by atoms with van der Waals surface area (Å²) in [5.41, 5.74) is 0. The molecule has 1 fully saturated rings. The van der Waals surface area contributed by atoms with E-state index in [-0.39, 0.29) is 0 Å². The van der Waals surface area contributed by atoms with Gasteiger partial charge in [0, 0.05) is 0 Å². The van der Waals surface area contributed by atoms with Crippen LogP contribution in [0.15, 0.2) is 0 Å². The summed E-state index contributed by atoms with van der Waals surface area (Å²) in [6.45, 7) is 0. The molecule has 1 heterocycles. The molecule has 46 valence electrons. The zero-order chi connectivity index (χ0) is 5.82. The van der Waals surface area contributed by atoms with Crippen LogP contribution in [0.1, 0.15) is 6.42 Å². The first-order chi connectivity index (χ1) is 3.93. The molecule has 1 rings (SSSR count). The van der Waals surface area contributed by atoms with E-state index < -0.39 is 0 Å². The van der Waals surface area contributed by atoms with E-state index in [1.54, 1.807) is 23.5 Å².